The van der Waals surface area contributed by atoms with E-state index in [1.807, 2.05) is 13.8 Å². The van der Waals surface area contributed by atoms with Crippen LogP contribution in [0.5, 0.6) is 0 Å². The van der Waals surface area contributed by atoms with Crippen LogP contribution in [0.2, 0.25) is 0 Å². The topological polar surface area (TPSA) is 99.8 Å². The predicted octanol–water partition coefficient (Wildman–Crippen LogP) is 0.412. The van der Waals surface area contributed by atoms with Crippen LogP contribution in [0.3, 0.4) is 0 Å². The number of nitrogen functional groups attached to an aromatic ring is 1. The molecule has 0 saturated carbocycles. The normalized spacial score (nSPS) is 11.3. The van der Waals surface area contributed by atoms with Crippen molar-refractivity contribution in [2.75, 3.05) is 5.73 Å². The van der Waals surface area contributed by atoms with E-state index in [0.29, 0.717) is 11.5 Å². The van der Waals surface area contributed by atoms with Crippen molar-refractivity contribution < 1.29 is 0 Å². The van der Waals surface area contributed by atoms with Gasteiger partial charge in [0.25, 0.3) is 0 Å². The molecule has 0 atom stereocenters. The summed E-state index contributed by atoms with van der Waals surface area (Å²) in [5.41, 5.74) is 9.25. The highest BCUT2D eigenvalue weighted by Crippen LogP contribution is 2.21. The number of hydrogen-bond donors (Lipinski definition) is 1. The van der Waals surface area contributed by atoms with E-state index in [2.05, 4.69) is 25.6 Å². The number of anilines is 1. The molecular weight excluding hydrogens is 244 g/mol. The van der Waals surface area contributed by atoms with Crippen LogP contribution in [0.15, 0.2) is 12.4 Å². The summed E-state index contributed by atoms with van der Waals surface area (Å²) in [6, 6.07) is 0. The van der Waals surface area contributed by atoms with Crippen LogP contribution >= 0.6 is 0 Å². The molecule has 0 saturated heterocycles. The van der Waals surface area contributed by atoms with Crippen LogP contribution in [-0.2, 0) is 12.8 Å². The second kappa shape index (κ2) is 4.30. The van der Waals surface area contributed by atoms with Gasteiger partial charge >= 0.3 is 0 Å². The van der Waals surface area contributed by atoms with Gasteiger partial charge in [-0.15, -0.1) is 5.10 Å². The monoisotopic (exact) mass is 258 g/mol. The van der Waals surface area contributed by atoms with Crippen LogP contribution in [0.4, 0.5) is 5.69 Å². The van der Waals surface area contributed by atoms with Crippen LogP contribution in [0, 0.1) is 0 Å². The summed E-state index contributed by atoms with van der Waals surface area (Å²) in [6.45, 7) is 4.06. The van der Waals surface area contributed by atoms with Crippen molar-refractivity contribution in [3.8, 4) is 5.82 Å². The fourth-order valence-electron chi connectivity index (χ4n) is 2.11. The largest absolute Gasteiger partial charge is 0.396 e. The van der Waals surface area contributed by atoms with Crippen LogP contribution in [-0.4, -0.2) is 34.8 Å². The molecule has 0 amide bonds. The van der Waals surface area contributed by atoms with Crippen molar-refractivity contribution in [3.63, 3.8) is 0 Å². The summed E-state index contributed by atoms with van der Waals surface area (Å²) < 4.78 is 3.36. The molecule has 3 heterocycles. The van der Waals surface area contributed by atoms with E-state index in [-0.39, 0.29) is 0 Å². The van der Waals surface area contributed by atoms with Crippen molar-refractivity contribution in [1.29, 1.82) is 0 Å². The molecule has 98 valence electrons. The zero-order chi connectivity index (χ0) is 13.4. The minimum Gasteiger partial charge on any atom is -0.396 e. The molecule has 2 N–H and O–H groups in total. The summed E-state index contributed by atoms with van der Waals surface area (Å²) in [4.78, 5) is 4.14. The lowest BCUT2D eigenvalue weighted by Crippen LogP contribution is -2.09. The molecule has 0 fully saturated rings. The van der Waals surface area contributed by atoms with Gasteiger partial charge in [-0.1, -0.05) is 13.8 Å². The maximum absolute atomic E-state index is 6.12. The van der Waals surface area contributed by atoms with E-state index in [1.165, 1.54) is 0 Å². The maximum Gasteiger partial charge on any atom is 0.199 e. The van der Waals surface area contributed by atoms with Gasteiger partial charge < -0.3 is 5.73 Å². The molecule has 3 aromatic heterocycles. The molecule has 8 heteroatoms. The predicted molar refractivity (Wildman–Crippen MR) is 68.9 cm³/mol. The van der Waals surface area contributed by atoms with E-state index in [1.54, 1.807) is 21.6 Å². The Balaban J connectivity index is 2.29. The van der Waals surface area contributed by atoms with Gasteiger partial charge in [-0.05, 0) is 23.3 Å². The highest BCUT2D eigenvalue weighted by Gasteiger charge is 2.16. The first kappa shape index (κ1) is 11.6. The minimum atomic E-state index is 0.576. The third-order valence-corrected chi connectivity index (χ3v) is 3.08. The molecule has 0 radical (unpaired) electrons. The molecule has 0 aromatic carbocycles. The van der Waals surface area contributed by atoms with Crippen molar-refractivity contribution >= 4 is 11.3 Å². The Labute approximate surface area is 109 Å². The first-order valence-corrected chi connectivity index (χ1v) is 6.15. The fraction of sp³-hybridized carbons (Fsp3) is 0.364. The second-order valence-corrected chi connectivity index (χ2v) is 4.14. The van der Waals surface area contributed by atoms with Gasteiger partial charge in [-0.2, -0.15) is 9.61 Å². The average Bonchev–Trinajstić information content (AvgIpc) is 3.02. The fourth-order valence-corrected chi connectivity index (χ4v) is 2.11. The number of aromatic nitrogens is 7. The number of aryl methyl sites for hydroxylation is 1. The lowest BCUT2D eigenvalue weighted by Gasteiger charge is -2.06. The van der Waals surface area contributed by atoms with Gasteiger partial charge in [0.05, 0.1) is 29.5 Å². The van der Waals surface area contributed by atoms with E-state index >= 15 is 0 Å². The molecule has 0 aliphatic rings. The van der Waals surface area contributed by atoms with Gasteiger partial charge in [0.15, 0.2) is 11.5 Å². The van der Waals surface area contributed by atoms with E-state index in [4.69, 9.17) is 5.73 Å². The van der Waals surface area contributed by atoms with Gasteiger partial charge in [-0.25, -0.2) is 4.68 Å². The number of nitrogens with zero attached hydrogens (tertiary/aromatic N) is 7. The van der Waals surface area contributed by atoms with Gasteiger partial charge in [0.1, 0.15) is 0 Å². The zero-order valence-corrected chi connectivity index (χ0v) is 10.8. The maximum atomic E-state index is 6.12. The summed E-state index contributed by atoms with van der Waals surface area (Å²) in [5, 5.41) is 16.0. The lowest BCUT2D eigenvalue weighted by atomic mass is 10.2. The second-order valence-electron chi connectivity index (χ2n) is 4.14. The third kappa shape index (κ3) is 1.64. The summed E-state index contributed by atoms with van der Waals surface area (Å²) >= 11 is 0. The Bertz CT molecular complexity index is 725. The highest BCUT2D eigenvalue weighted by molar-refractivity contribution is 5.51. The van der Waals surface area contributed by atoms with E-state index in [0.717, 1.165) is 29.9 Å². The number of tetrazole rings is 1. The van der Waals surface area contributed by atoms with Gasteiger partial charge in [-0.3, -0.25) is 4.98 Å². The molecule has 0 aliphatic carbocycles. The molecule has 0 bridgehead atoms. The van der Waals surface area contributed by atoms with Crippen molar-refractivity contribution in [3.05, 3.63) is 23.8 Å². The van der Waals surface area contributed by atoms with Gasteiger partial charge in [0.2, 0.25) is 0 Å². The van der Waals surface area contributed by atoms with Crippen LogP contribution in [0.1, 0.15) is 25.2 Å². The number of fused-ring (bicyclic) bond motifs is 1. The van der Waals surface area contributed by atoms with Gasteiger partial charge in [0, 0.05) is 0 Å². The molecule has 0 aliphatic heterocycles. The Morgan fingerprint density at radius 2 is 2.05 bits per heavy atom. The number of rotatable bonds is 3. The first-order valence-electron chi connectivity index (χ1n) is 6.15. The molecule has 19 heavy (non-hydrogen) atoms. The molecule has 3 rings (SSSR count). The highest BCUT2D eigenvalue weighted by atomic mass is 15.5. The number of hydrogen-bond acceptors (Lipinski definition) is 6. The van der Waals surface area contributed by atoms with Crippen molar-refractivity contribution in [2.45, 2.75) is 26.7 Å². The smallest absolute Gasteiger partial charge is 0.199 e. The van der Waals surface area contributed by atoms with Crippen LogP contribution in [0.25, 0.3) is 11.5 Å². The Morgan fingerprint density at radius 1 is 1.21 bits per heavy atom. The third-order valence-electron chi connectivity index (χ3n) is 3.08. The lowest BCUT2D eigenvalue weighted by molar-refractivity contribution is 0.713. The molecular formula is C11H14N8. The van der Waals surface area contributed by atoms with E-state index < -0.39 is 0 Å². The van der Waals surface area contributed by atoms with E-state index in [9.17, 15) is 0 Å². The summed E-state index contributed by atoms with van der Waals surface area (Å²) in [7, 11) is 0. The molecule has 3 aromatic rings. The zero-order valence-electron chi connectivity index (χ0n) is 10.8. The van der Waals surface area contributed by atoms with Crippen LogP contribution < -0.4 is 5.73 Å². The Hall–Kier alpha value is -2.51. The Kier molecular flexibility index (Phi) is 2.62. The minimum absolute atomic E-state index is 0.576. The summed E-state index contributed by atoms with van der Waals surface area (Å²) in [6.07, 6.45) is 4.83. The average molecular weight is 258 g/mol. The molecule has 0 spiro atoms. The summed E-state index contributed by atoms with van der Waals surface area (Å²) in [5.74, 6) is 0.686. The quantitative estimate of drug-likeness (QED) is 0.730. The standard InChI is InChI=1S/C11H14N8/c1-3-7-11(12)8(4-2)18(15-7)10-6-13-5-9-14-16-17-19(9)10/h5-6H,3-4,12H2,1-2H3. The number of nitrogens with two attached hydrogens (primary N) is 1. The molecule has 8 nitrogen and oxygen atoms in total. The van der Waals surface area contributed by atoms with Crippen molar-refractivity contribution in [1.82, 2.24) is 34.8 Å². The van der Waals surface area contributed by atoms with Crippen molar-refractivity contribution in [2.24, 2.45) is 0 Å². The Morgan fingerprint density at radius 3 is 2.79 bits per heavy atom. The molecule has 0 unspecified atom stereocenters. The SMILES string of the molecule is CCc1nn(-c2cncc3nnnn23)c(CC)c1N. The first-order chi connectivity index (χ1) is 9.26.